The molecular formula is C10H12O. The number of hydrogen-bond acceptors (Lipinski definition) is 1. The highest BCUT2D eigenvalue weighted by Gasteiger charge is 2.09. The van der Waals surface area contributed by atoms with Crippen molar-refractivity contribution in [2.24, 2.45) is 0 Å². The normalized spacial score (nSPS) is 17.4. The van der Waals surface area contributed by atoms with Crippen LogP contribution >= 0.6 is 0 Å². The fourth-order valence-electron chi connectivity index (χ4n) is 1.10. The highest BCUT2D eigenvalue weighted by Crippen LogP contribution is 2.16. The van der Waals surface area contributed by atoms with Crippen LogP contribution in [0, 0.1) is 0 Å². The minimum atomic E-state index is 0.178. The SMILES string of the molecule is C=CC1=CC(CC)=CCC1=O. The zero-order chi connectivity index (χ0) is 8.27. The van der Waals surface area contributed by atoms with Crippen molar-refractivity contribution in [3.8, 4) is 0 Å². The Morgan fingerprint density at radius 3 is 3.00 bits per heavy atom. The first-order chi connectivity index (χ1) is 5.27. The number of ketones is 1. The van der Waals surface area contributed by atoms with Crippen LogP contribution < -0.4 is 0 Å². The lowest BCUT2D eigenvalue weighted by Gasteiger charge is -2.07. The summed E-state index contributed by atoms with van der Waals surface area (Å²) in [5.74, 6) is 0.178. The van der Waals surface area contributed by atoms with Crippen LogP contribution in [0.1, 0.15) is 19.8 Å². The summed E-state index contributed by atoms with van der Waals surface area (Å²) in [7, 11) is 0. The number of carbonyl (C=O) groups is 1. The fourth-order valence-corrected chi connectivity index (χ4v) is 1.10. The van der Waals surface area contributed by atoms with Crippen LogP contribution in [0.2, 0.25) is 0 Å². The Kier molecular flexibility index (Phi) is 2.42. The van der Waals surface area contributed by atoms with E-state index in [1.54, 1.807) is 6.08 Å². The molecule has 0 bridgehead atoms. The summed E-state index contributed by atoms with van der Waals surface area (Å²) >= 11 is 0. The van der Waals surface area contributed by atoms with Gasteiger partial charge < -0.3 is 0 Å². The van der Waals surface area contributed by atoms with E-state index in [0.29, 0.717) is 6.42 Å². The Balaban J connectivity index is 2.88. The molecule has 11 heavy (non-hydrogen) atoms. The lowest BCUT2D eigenvalue weighted by molar-refractivity contribution is -0.114. The second kappa shape index (κ2) is 3.33. The molecule has 0 fully saturated rings. The molecule has 0 N–H and O–H groups in total. The van der Waals surface area contributed by atoms with Crippen LogP contribution in [-0.2, 0) is 4.79 Å². The summed E-state index contributed by atoms with van der Waals surface area (Å²) in [6.45, 7) is 5.67. The summed E-state index contributed by atoms with van der Waals surface area (Å²) in [5.41, 5.74) is 1.99. The number of carbonyl (C=O) groups excluding carboxylic acids is 1. The maximum atomic E-state index is 11.1. The molecule has 0 saturated carbocycles. The third-order valence-electron chi connectivity index (χ3n) is 1.84. The van der Waals surface area contributed by atoms with Gasteiger partial charge in [0.05, 0.1) is 0 Å². The zero-order valence-electron chi connectivity index (χ0n) is 6.76. The predicted molar refractivity (Wildman–Crippen MR) is 46.3 cm³/mol. The Hall–Kier alpha value is -1.11. The average Bonchev–Trinajstić information content (AvgIpc) is 2.05. The van der Waals surface area contributed by atoms with Gasteiger partial charge in [-0.2, -0.15) is 0 Å². The number of hydrogen-bond donors (Lipinski definition) is 0. The van der Waals surface area contributed by atoms with Crippen molar-refractivity contribution in [3.63, 3.8) is 0 Å². The molecule has 0 aromatic carbocycles. The molecule has 0 spiro atoms. The molecule has 1 aliphatic rings. The first-order valence-electron chi connectivity index (χ1n) is 3.84. The van der Waals surface area contributed by atoms with E-state index in [2.05, 4.69) is 13.5 Å². The van der Waals surface area contributed by atoms with E-state index in [4.69, 9.17) is 0 Å². The van der Waals surface area contributed by atoms with Crippen molar-refractivity contribution >= 4 is 5.78 Å². The Bertz CT molecular complexity index is 244. The van der Waals surface area contributed by atoms with Gasteiger partial charge in [0.2, 0.25) is 0 Å². The summed E-state index contributed by atoms with van der Waals surface area (Å²) in [4.78, 5) is 11.1. The van der Waals surface area contributed by atoms with E-state index in [-0.39, 0.29) is 5.78 Å². The molecule has 1 nitrogen and oxygen atoms in total. The maximum Gasteiger partial charge on any atom is 0.166 e. The smallest absolute Gasteiger partial charge is 0.166 e. The molecule has 0 radical (unpaired) electrons. The minimum absolute atomic E-state index is 0.178. The summed E-state index contributed by atoms with van der Waals surface area (Å²) in [5, 5.41) is 0. The Labute approximate surface area is 67.1 Å². The van der Waals surface area contributed by atoms with Crippen LogP contribution in [0.3, 0.4) is 0 Å². The molecule has 0 unspecified atom stereocenters. The van der Waals surface area contributed by atoms with Gasteiger partial charge in [-0.15, -0.1) is 0 Å². The van der Waals surface area contributed by atoms with Gasteiger partial charge >= 0.3 is 0 Å². The van der Waals surface area contributed by atoms with E-state index in [0.717, 1.165) is 12.0 Å². The quantitative estimate of drug-likeness (QED) is 0.587. The van der Waals surface area contributed by atoms with Gasteiger partial charge in [-0.25, -0.2) is 0 Å². The molecule has 0 aromatic rings. The molecule has 1 heteroatoms. The molecule has 0 heterocycles. The lowest BCUT2D eigenvalue weighted by atomic mass is 9.97. The molecule has 58 valence electrons. The second-order valence-corrected chi connectivity index (χ2v) is 2.56. The van der Waals surface area contributed by atoms with Crippen LogP contribution in [0.15, 0.2) is 36.0 Å². The number of allylic oxidation sites excluding steroid dienone is 5. The molecule has 0 amide bonds. The molecule has 1 rings (SSSR count). The van der Waals surface area contributed by atoms with Gasteiger partial charge in [-0.05, 0) is 12.5 Å². The lowest BCUT2D eigenvalue weighted by Crippen LogP contribution is -2.03. The van der Waals surface area contributed by atoms with E-state index < -0.39 is 0 Å². The largest absolute Gasteiger partial charge is 0.294 e. The number of rotatable bonds is 2. The van der Waals surface area contributed by atoms with E-state index >= 15 is 0 Å². The third kappa shape index (κ3) is 1.67. The molecule has 0 aromatic heterocycles. The van der Waals surface area contributed by atoms with Crippen LogP contribution in [0.4, 0.5) is 0 Å². The highest BCUT2D eigenvalue weighted by atomic mass is 16.1. The Morgan fingerprint density at radius 2 is 2.45 bits per heavy atom. The summed E-state index contributed by atoms with van der Waals surface area (Å²) in [6.07, 6.45) is 7.06. The predicted octanol–water partition coefficient (Wildman–Crippen LogP) is 2.41. The number of Topliss-reactive ketones (excluding diaryl/α,β-unsaturated/α-hetero) is 1. The summed E-state index contributed by atoms with van der Waals surface area (Å²) in [6, 6.07) is 0. The van der Waals surface area contributed by atoms with Gasteiger partial charge in [0, 0.05) is 12.0 Å². The van der Waals surface area contributed by atoms with Crippen LogP contribution in [0.25, 0.3) is 0 Å². The van der Waals surface area contributed by atoms with Gasteiger partial charge in [0.15, 0.2) is 5.78 Å². The van der Waals surface area contributed by atoms with Gasteiger partial charge in [0.1, 0.15) is 0 Å². The van der Waals surface area contributed by atoms with Crippen molar-refractivity contribution in [1.82, 2.24) is 0 Å². The summed E-state index contributed by atoms with van der Waals surface area (Å²) < 4.78 is 0. The molecule has 0 atom stereocenters. The molecule has 1 aliphatic carbocycles. The zero-order valence-corrected chi connectivity index (χ0v) is 6.76. The molecule has 0 saturated heterocycles. The standard InChI is InChI=1S/C10H12O/c1-3-8-5-6-10(11)9(4-2)7-8/h4-5,7H,2-3,6H2,1H3. The van der Waals surface area contributed by atoms with Gasteiger partial charge in [-0.1, -0.05) is 31.2 Å². The van der Waals surface area contributed by atoms with Crippen molar-refractivity contribution in [1.29, 1.82) is 0 Å². The van der Waals surface area contributed by atoms with Crippen LogP contribution in [0.5, 0.6) is 0 Å². The maximum absolute atomic E-state index is 11.1. The van der Waals surface area contributed by atoms with Gasteiger partial charge in [0.25, 0.3) is 0 Å². The van der Waals surface area contributed by atoms with Gasteiger partial charge in [-0.3, -0.25) is 4.79 Å². The molecule has 0 aliphatic heterocycles. The van der Waals surface area contributed by atoms with Crippen molar-refractivity contribution < 1.29 is 4.79 Å². The Morgan fingerprint density at radius 1 is 1.73 bits per heavy atom. The van der Waals surface area contributed by atoms with Crippen LogP contribution in [-0.4, -0.2) is 5.78 Å². The highest BCUT2D eigenvalue weighted by molar-refractivity contribution is 6.00. The first kappa shape index (κ1) is 7.99. The third-order valence-corrected chi connectivity index (χ3v) is 1.84. The monoisotopic (exact) mass is 148 g/mol. The second-order valence-electron chi connectivity index (χ2n) is 2.56. The van der Waals surface area contributed by atoms with Crippen molar-refractivity contribution in [3.05, 3.63) is 36.0 Å². The first-order valence-corrected chi connectivity index (χ1v) is 3.84. The topological polar surface area (TPSA) is 17.1 Å². The van der Waals surface area contributed by atoms with E-state index in [1.807, 2.05) is 12.2 Å². The average molecular weight is 148 g/mol. The minimum Gasteiger partial charge on any atom is -0.294 e. The van der Waals surface area contributed by atoms with E-state index in [1.165, 1.54) is 5.57 Å². The fraction of sp³-hybridized carbons (Fsp3) is 0.300. The van der Waals surface area contributed by atoms with E-state index in [9.17, 15) is 4.79 Å². The van der Waals surface area contributed by atoms with Crippen molar-refractivity contribution in [2.75, 3.05) is 0 Å². The van der Waals surface area contributed by atoms with Crippen molar-refractivity contribution in [2.45, 2.75) is 19.8 Å². The molecular weight excluding hydrogens is 136 g/mol.